The van der Waals surface area contributed by atoms with E-state index >= 15 is 0 Å². The number of aliphatic hydroxyl groups is 1. The van der Waals surface area contributed by atoms with E-state index < -0.39 is 17.7 Å². The number of β-amino-alcohol motifs (C(OH)–C–C–N with tert-alkyl or cyclic N) is 1. The number of carbonyl (C=O) groups is 2. The highest BCUT2D eigenvalue weighted by molar-refractivity contribution is 7.09. The van der Waals surface area contributed by atoms with Crippen LogP contribution in [0.25, 0.3) is 0 Å². The number of aromatic nitrogens is 1. The third kappa shape index (κ3) is 2.75. The molecule has 2 heterocycles. The highest BCUT2D eigenvalue weighted by atomic mass is 32.1. The van der Waals surface area contributed by atoms with Gasteiger partial charge in [-0.1, -0.05) is 12.8 Å². The van der Waals surface area contributed by atoms with Gasteiger partial charge in [0.15, 0.2) is 0 Å². The van der Waals surface area contributed by atoms with E-state index in [0.717, 1.165) is 30.7 Å². The van der Waals surface area contributed by atoms with Gasteiger partial charge in [-0.15, -0.1) is 11.3 Å². The molecule has 2 fully saturated rings. The van der Waals surface area contributed by atoms with Gasteiger partial charge in [0.05, 0.1) is 11.6 Å². The van der Waals surface area contributed by atoms with Gasteiger partial charge in [-0.2, -0.15) is 0 Å². The molecule has 2 atom stereocenters. The summed E-state index contributed by atoms with van der Waals surface area (Å²) < 4.78 is 0. The maximum atomic E-state index is 12.7. The molecule has 2 aliphatic rings. The monoisotopic (exact) mass is 323 g/mol. The van der Waals surface area contributed by atoms with E-state index in [2.05, 4.69) is 10.3 Å². The molecule has 1 aliphatic carbocycles. The number of rotatable bonds is 3. The highest BCUT2D eigenvalue weighted by Gasteiger charge is 2.44. The molecule has 22 heavy (non-hydrogen) atoms. The van der Waals surface area contributed by atoms with Crippen molar-refractivity contribution in [1.29, 1.82) is 0 Å². The third-order valence-corrected chi connectivity index (χ3v) is 5.62. The smallest absolute Gasteiger partial charge is 0.243 e. The van der Waals surface area contributed by atoms with Gasteiger partial charge < -0.3 is 15.3 Å². The molecular weight excluding hydrogens is 302 g/mol. The number of thiazole rings is 1. The maximum Gasteiger partial charge on any atom is 0.243 e. The van der Waals surface area contributed by atoms with Crippen LogP contribution in [0.3, 0.4) is 0 Å². The van der Waals surface area contributed by atoms with Crippen molar-refractivity contribution in [3.05, 3.63) is 16.6 Å². The van der Waals surface area contributed by atoms with Crippen LogP contribution >= 0.6 is 11.3 Å². The molecule has 7 heteroatoms. The van der Waals surface area contributed by atoms with Crippen molar-refractivity contribution < 1.29 is 14.7 Å². The van der Waals surface area contributed by atoms with Crippen LogP contribution in [0.1, 0.15) is 44.0 Å². The molecule has 2 amide bonds. The largest absolute Gasteiger partial charge is 0.391 e. The van der Waals surface area contributed by atoms with Crippen LogP contribution in [0.2, 0.25) is 0 Å². The molecule has 120 valence electrons. The molecule has 1 saturated heterocycles. The third-order valence-electron chi connectivity index (χ3n) is 4.65. The molecular formula is C15H21N3O3S. The Balaban J connectivity index is 1.79. The lowest BCUT2D eigenvalue weighted by Crippen LogP contribution is -2.52. The van der Waals surface area contributed by atoms with Crippen LogP contribution in [0.15, 0.2) is 11.6 Å². The van der Waals surface area contributed by atoms with Crippen molar-refractivity contribution in [2.24, 2.45) is 0 Å². The van der Waals surface area contributed by atoms with Crippen molar-refractivity contribution in [1.82, 2.24) is 15.2 Å². The second kappa shape index (κ2) is 5.96. The number of likely N-dealkylation sites (tertiary alicyclic amines) is 1. The fourth-order valence-electron chi connectivity index (χ4n) is 3.56. The minimum absolute atomic E-state index is 0.175. The molecule has 2 N–H and O–H groups in total. The molecule has 1 saturated carbocycles. The summed E-state index contributed by atoms with van der Waals surface area (Å²) in [6, 6.07) is -0.579. The Labute approximate surface area is 133 Å². The number of carbonyl (C=O) groups excluding carboxylic acids is 2. The number of hydrogen-bond donors (Lipinski definition) is 2. The number of nitrogens with zero attached hydrogens (tertiary/aromatic N) is 2. The van der Waals surface area contributed by atoms with E-state index in [9.17, 15) is 14.7 Å². The van der Waals surface area contributed by atoms with Crippen LogP contribution in [0.5, 0.6) is 0 Å². The summed E-state index contributed by atoms with van der Waals surface area (Å²) in [5.41, 5.74) is -0.402. The summed E-state index contributed by atoms with van der Waals surface area (Å²) >= 11 is 1.56. The Morgan fingerprint density at radius 3 is 2.77 bits per heavy atom. The first-order valence-electron chi connectivity index (χ1n) is 7.69. The van der Waals surface area contributed by atoms with Crippen molar-refractivity contribution in [3.63, 3.8) is 0 Å². The van der Waals surface area contributed by atoms with Crippen molar-refractivity contribution in [3.8, 4) is 0 Å². The number of nitrogens with one attached hydrogen (secondary N) is 1. The summed E-state index contributed by atoms with van der Waals surface area (Å²) in [5, 5.41) is 15.8. The Morgan fingerprint density at radius 1 is 1.45 bits per heavy atom. The first-order chi connectivity index (χ1) is 10.5. The van der Waals surface area contributed by atoms with Gasteiger partial charge in [0.1, 0.15) is 11.0 Å². The SMILES string of the molecule is CC(=O)N1C[C@H](O)C[C@@H]1C(=O)NC1(c2nccs2)CCCC1. The Morgan fingerprint density at radius 2 is 2.18 bits per heavy atom. The lowest BCUT2D eigenvalue weighted by atomic mass is 9.97. The average Bonchev–Trinajstić information content (AvgIpc) is 3.17. The lowest BCUT2D eigenvalue weighted by Gasteiger charge is -2.31. The number of amides is 2. The van der Waals surface area contributed by atoms with Gasteiger partial charge >= 0.3 is 0 Å². The molecule has 0 bridgehead atoms. The minimum Gasteiger partial charge on any atom is -0.391 e. The molecule has 0 spiro atoms. The van der Waals surface area contributed by atoms with Crippen LogP contribution in [0.4, 0.5) is 0 Å². The van der Waals surface area contributed by atoms with Gasteiger partial charge in [0.2, 0.25) is 11.8 Å². The minimum atomic E-state index is -0.626. The molecule has 1 aromatic rings. The molecule has 1 aromatic heterocycles. The average molecular weight is 323 g/mol. The topological polar surface area (TPSA) is 82.5 Å². The fraction of sp³-hybridized carbons (Fsp3) is 0.667. The molecule has 0 unspecified atom stereocenters. The first kappa shape index (κ1) is 15.4. The number of hydrogen-bond acceptors (Lipinski definition) is 5. The van der Waals surface area contributed by atoms with E-state index in [1.54, 1.807) is 17.5 Å². The summed E-state index contributed by atoms with van der Waals surface area (Å²) in [5.74, 6) is -0.352. The second-order valence-corrected chi connectivity index (χ2v) is 7.09. The van der Waals surface area contributed by atoms with Crippen molar-refractivity contribution in [2.75, 3.05) is 6.54 Å². The van der Waals surface area contributed by atoms with Gasteiger partial charge in [0, 0.05) is 31.5 Å². The second-order valence-electron chi connectivity index (χ2n) is 6.19. The quantitative estimate of drug-likeness (QED) is 0.870. The van der Waals surface area contributed by atoms with E-state index in [1.165, 1.54) is 11.8 Å². The summed E-state index contributed by atoms with van der Waals surface area (Å²) in [7, 11) is 0. The fourth-order valence-corrected chi connectivity index (χ4v) is 4.41. The lowest BCUT2D eigenvalue weighted by molar-refractivity contribution is -0.137. The van der Waals surface area contributed by atoms with Crippen molar-refractivity contribution in [2.45, 2.75) is 56.7 Å². The van der Waals surface area contributed by atoms with E-state index in [1.807, 2.05) is 5.38 Å². The summed E-state index contributed by atoms with van der Waals surface area (Å²) in [6.07, 6.45) is 5.31. The molecule has 0 radical (unpaired) electrons. The van der Waals surface area contributed by atoms with Gasteiger partial charge in [0.25, 0.3) is 0 Å². The summed E-state index contributed by atoms with van der Waals surface area (Å²) in [6.45, 7) is 1.67. The highest BCUT2D eigenvalue weighted by Crippen LogP contribution is 2.40. The normalized spacial score (nSPS) is 27.1. The van der Waals surface area contributed by atoms with E-state index in [0.29, 0.717) is 6.42 Å². The van der Waals surface area contributed by atoms with E-state index in [-0.39, 0.29) is 18.4 Å². The zero-order chi connectivity index (χ0) is 15.7. The van der Waals surface area contributed by atoms with E-state index in [4.69, 9.17) is 0 Å². The Hall–Kier alpha value is -1.47. The molecule has 0 aromatic carbocycles. The maximum absolute atomic E-state index is 12.7. The standard InChI is InChI=1S/C15H21N3O3S/c1-10(19)18-9-11(20)8-12(18)13(21)17-15(4-2-3-5-15)14-16-6-7-22-14/h6-7,11-12,20H,2-5,8-9H2,1H3,(H,17,21)/t11-,12-/m1/s1. The molecule has 6 nitrogen and oxygen atoms in total. The van der Waals surface area contributed by atoms with Crippen LogP contribution in [0, 0.1) is 0 Å². The molecule has 1 aliphatic heterocycles. The van der Waals surface area contributed by atoms with Crippen LogP contribution in [-0.4, -0.2) is 45.5 Å². The summed E-state index contributed by atoms with van der Waals surface area (Å²) in [4.78, 5) is 30.3. The van der Waals surface area contributed by atoms with Gasteiger partial charge in [-0.25, -0.2) is 4.98 Å². The Bertz CT molecular complexity index is 554. The van der Waals surface area contributed by atoms with Gasteiger partial charge in [-0.3, -0.25) is 9.59 Å². The zero-order valence-electron chi connectivity index (χ0n) is 12.6. The Kier molecular flexibility index (Phi) is 4.18. The van der Waals surface area contributed by atoms with Crippen LogP contribution in [-0.2, 0) is 15.1 Å². The number of aliphatic hydroxyl groups excluding tert-OH is 1. The predicted octanol–water partition coefficient (Wildman–Crippen LogP) is 1.01. The first-order valence-corrected chi connectivity index (χ1v) is 8.57. The zero-order valence-corrected chi connectivity index (χ0v) is 13.4. The predicted molar refractivity (Wildman–Crippen MR) is 82.2 cm³/mol. The van der Waals surface area contributed by atoms with Gasteiger partial charge in [-0.05, 0) is 12.8 Å². The van der Waals surface area contributed by atoms with Crippen LogP contribution < -0.4 is 5.32 Å². The molecule has 3 rings (SSSR count). The van der Waals surface area contributed by atoms with Crippen molar-refractivity contribution >= 4 is 23.2 Å².